The molecule has 2 aromatic carbocycles. The predicted molar refractivity (Wildman–Crippen MR) is 99.3 cm³/mol. The molecule has 24 heavy (non-hydrogen) atoms. The molecule has 0 saturated heterocycles. The zero-order valence-corrected chi connectivity index (χ0v) is 16.3. The van der Waals surface area contributed by atoms with Crippen LogP contribution in [-0.4, -0.2) is 0 Å². The van der Waals surface area contributed by atoms with Crippen LogP contribution in [-0.2, 0) is 6.54 Å². The van der Waals surface area contributed by atoms with Crippen LogP contribution in [0.2, 0.25) is 0 Å². The molecule has 0 unspecified atom stereocenters. The fraction of sp³-hybridized carbons (Fsp3) is 0.150. The molecule has 1 heterocycles. The van der Waals surface area contributed by atoms with Gasteiger partial charge in [0.25, 0.3) is 0 Å². The van der Waals surface area contributed by atoms with Crippen molar-refractivity contribution in [1.29, 1.82) is 0 Å². The van der Waals surface area contributed by atoms with Gasteiger partial charge >= 0.3 is 5.13 Å². The molecule has 3 rings (SSSR count). The Morgan fingerprint density at radius 1 is 1.08 bits per heavy atom. The molecule has 0 atom stereocenters. The number of thiazole rings is 1. The predicted octanol–water partition coefficient (Wildman–Crippen LogP) is 2.25. The van der Waals surface area contributed by atoms with Crippen LogP contribution in [0.3, 0.4) is 0 Å². The van der Waals surface area contributed by atoms with E-state index < -0.39 is 0 Å². The van der Waals surface area contributed by atoms with E-state index in [1.807, 2.05) is 6.08 Å². The van der Waals surface area contributed by atoms with Crippen molar-refractivity contribution in [1.82, 2.24) is 0 Å². The van der Waals surface area contributed by atoms with Crippen molar-refractivity contribution in [2.45, 2.75) is 20.4 Å². The SMILES string of the molecule is C=CC[n+]1c(-c2ccc(C)cc2)csc1Nc1ccccc1C.[Br-]. The molecule has 0 radical (unpaired) electrons. The van der Waals surface area contributed by atoms with Gasteiger partial charge in [-0.2, -0.15) is 0 Å². The molecule has 3 aromatic rings. The van der Waals surface area contributed by atoms with E-state index >= 15 is 0 Å². The third-order valence-electron chi connectivity index (χ3n) is 3.86. The van der Waals surface area contributed by atoms with Crippen LogP contribution in [0.15, 0.2) is 66.6 Å². The summed E-state index contributed by atoms with van der Waals surface area (Å²) in [6.07, 6.45) is 1.94. The summed E-state index contributed by atoms with van der Waals surface area (Å²) in [5.74, 6) is 0. The number of aryl methyl sites for hydroxylation is 2. The van der Waals surface area contributed by atoms with Crippen molar-refractivity contribution in [2.24, 2.45) is 0 Å². The van der Waals surface area contributed by atoms with Gasteiger partial charge in [0, 0.05) is 10.9 Å². The number of hydrogen-bond acceptors (Lipinski definition) is 2. The Bertz CT molecular complexity index is 822. The maximum atomic E-state index is 3.91. The monoisotopic (exact) mass is 400 g/mol. The van der Waals surface area contributed by atoms with Crippen molar-refractivity contribution in [3.8, 4) is 11.3 Å². The summed E-state index contributed by atoms with van der Waals surface area (Å²) in [5.41, 5.74) is 6.10. The Balaban J connectivity index is 0.00000208. The summed E-state index contributed by atoms with van der Waals surface area (Å²) in [4.78, 5) is 0. The second kappa shape index (κ2) is 8.27. The summed E-state index contributed by atoms with van der Waals surface area (Å²) in [6.45, 7) is 8.92. The minimum Gasteiger partial charge on any atom is -1.00 e. The summed E-state index contributed by atoms with van der Waals surface area (Å²) in [5, 5.41) is 6.88. The Labute approximate surface area is 158 Å². The number of hydrogen-bond donors (Lipinski definition) is 1. The van der Waals surface area contributed by atoms with Gasteiger partial charge in [0.15, 0.2) is 0 Å². The lowest BCUT2D eigenvalue weighted by atomic mass is 10.1. The van der Waals surface area contributed by atoms with Gasteiger partial charge in [-0.1, -0.05) is 72.0 Å². The molecule has 0 amide bonds. The van der Waals surface area contributed by atoms with Crippen LogP contribution < -0.4 is 26.9 Å². The van der Waals surface area contributed by atoms with Crippen LogP contribution in [0.4, 0.5) is 10.8 Å². The molecule has 124 valence electrons. The van der Waals surface area contributed by atoms with Gasteiger partial charge in [0.2, 0.25) is 0 Å². The van der Waals surface area contributed by atoms with E-state index in [1.54, 1.807) is 11.3 Å². The molecule has 0 bridgehead atoms. The average Bonchev–Trinajstić information content (AvgIpc) is 2.94. The summed E-state index contributed by atoms with van der Waals surface area (Å²) in [6, 6.07) is 17.0. The second-order valence-electron chi connectivity index (χ2n) is 5.63. The molecule has 1 N–H and O–H groups in total. The maximum Gasteiger partial charge on any atom is 0.339 e. The normalized spacial score (nSPS) is 10.1. The first kappa shape index (κ1) is 18.4. The Kier molecular flexibility index (Phi) is 6.35. The first-order valence-corrected chi connectivity index (χ1v) is 8.59. The van der Waals surface area contributed by atoms with E-state index in [4.69, 9.17) is 0 Å². The number of halogens is 1. The maximum absolute atomic E-state index is 3.91. The topological polar surface area (TPSA) is 15.9 Å². The van der Waals surface area contributed by atoms with Gasteiger partial charge in [-0.15, -0.1) is 0 Å². The molecule has 0 saturated carbocycles. The van der Waals surface area contributed by atoms with Crippen molar-refractivity contribution in [3.05, 3.63) is 77.7 Å². The van der Waals surface area contributed by atoms with Crippen LogP contribution in [0, 0.1) is 13.8 Å². The number of aromatic nitrogens is 1. The molecule has 0 aliphatic rings. The van der Waals surface area contributed by atoms with E-state index in [-0.39, 0.29) is 17.0 Å². The van der Waals surface area contributed by atoms with Crippen molar-refractivity contribution in [3.63, 3.8) is 0 Å². The standard InChI is InChI=1S/C20H20N2S.BrH/c1-4-13-22-19(17-11-9-15(2)10-12-17)14-23-20(22)21-18-8-6-5-7-16(18)3;/h4-12,14H,1,13H2,2-3H3;1H. The molecule has 1 aromatic heterocycles. The zero-order chi connectivity index (χ0) is 16.2. The van der Waals surface area contributed by atoms with E-state index in [0.717, 1.165) is 17.4 Å². The van der Waals surface area contributed by atoms with Crippen LogP contribution in [0.25, 0.3) is 11.3 Å². The van der Waals surface area contributed by atoms with E-state index in [1.165, 1.54) is 22.4 Å². The molecule has 2 nitrogen and oxygen atoms in total. The fourth-order valence-corrected chi connectivity index (χ4v) is 3.49. The van der Waals surface area contributed by atoms with Crippen molar-refractivity contribution < 1.29 is 21.5 Å². The highest BCUT2D eigenvalue weighted by Gasteiger charge is 2.19. The van der Waals surface area contributed by atoms with Crippen LogP contribution in [0.5, 0.6) is 0 Å². The summed E-state index contributed by atoms with van der Waals surface area (Å²) < 4.78 is 2.27. The van der Waals surface area contributed by atoms with E-state index in [9.17, 15) is 0 Å². The average molecular weight is 401 g/mol. The van der Waals surface area contributed by atoms with E-state index in [2.05, 4.69) is 84.2 Å². The Morgan fingerprint density at radius 3 is 2.46 bits per heavy atom. The van der Waals surface area contributed by atoms with Crippen LogP contribution >= 0.6 is 11.3 Å². The second-order valence-corrected chi connectivity index (χ2v) is 6.49. The van der Waals surface area contributed by atoms with Gasteiger partial charge in [-0.05, 0) is 25.5 Å². The van der Waals surface area contributed by atoms with Gasteiger partial charge in [0.1, 0.15) is 17.9 Å². The lowest BCUT2D eigenvalue weighted by molar-refractivity contribution is -0.657. The highest BCUT2D eigenvalue weighted by molar-refractivity contribution is 7.13. The largest absolute Gasteiger partial charge is 1.00 e. The molecule has 0 aliphatic heterocycles. The highest BCUT2D eigenvalue weighted by atomic mass is 79.9. The molecule has 0 fully saturated rings. The first-order valence-electron chi connectivity index (χ1n) is 7.71. The number of allylic oxidation sites excluding steroid dienone is 1. The first-order chi connectivity index (χ1) is 11.2. The van der Waals surface area contributed by atoms with Crippen molar-refractivity contribution >= 4 is 22.2 Å². The lowest BCUT2D eigenvalue weighted by Crippen LogP contribution is -3.00. The summed E-state index contributed by atoms with van der Waals surface area (Å²) in [7, 11) is 0. The minimum absolute atomic E-state index is 0. The number of nitrogens with zero attached hydrogens (tertiary/aromatic N) is 1. The lowest BCUT2D eigenvalue weighted by Gasteiger charge is -2.06. The Morgan fingerprint density at radius 2 is 1.79 bits per heavy atom. The molecule has 0 aliphatic carbocycles. The summed E-state index contributed by atoms with van der Waals surface area (Å²) >= 11 is 1.72. The quantitative estimate of drug-likeness (QED) is 0.512. The van der Waals surface area contributed by atoms with Crippen LogP contribution in [0.1, 0.15) is 11.1 Å². The minimum atomic E-state index is 0. The zero-order valence-electron chi connectivity index (χ0n) is 13.9. The van der Waals surface area contributed by atoms with E-state index in [0.29, 0.717) is 0 Å². The molecular weight excluding hydrogens is 380 g/mol. The molecule has 4 heteroatoms. The highest BCUT2D eigenvalue weighted by Crippen LogP contribution is 2.27. The number of benzene rings is 2. The third kappa shape index (κ3) is 3.94. The number of para-hydroxylation sites is 1. The van der Waals surface area contributed by atoms with Gasteiger partial charge in [-0.3, -0.25) is 0 Å². The Hall–Kier alpha value is -1.91. The molecular formula is C20H21BrN2S. The van der Waals surface area contributed by atoms with Crippen molar-refractivity contribution in [2.75, 3.05) is 5.32 Å². The molecule has 0 spiro atoms. The number of rotatable bonds is 5. The van der Waals surface area contributed by atoms with Gasteiger partial charge in [0.05, 0.1) is 0 Å². The smallest absolute Gasteiger partial charge is 0.339 e. The number of anilines is 2. The third-order valence-corrected chi connectivity index (χ3v) is 4.75. The fourth-order valence-electron chi connectivity index (χ4n) is 2.53. The van der Waals surface area contributed by atoms with Gasteiger partial charge < -0.3 is 17.0 Å². The van der Waals surface area contributed by atoms with Gasteiger partial charge in [-0.25, -0.2) is 9.88 Å². The number of nitrogens with one attached hydrogen (secondary N) is 1.